The molecule has 2 saturated heterocycles. The lowest BCUT2D eigenvalue weighted by molar-refractivity contribution is -1.01. The number of aliphatic hydroxyl groups is 1. The van der Waals surface area contributed by atoms with E-state index in [9.17, 15) is 44.7 Å². The SMILES string of the molecule is CC1CC(NC2NC(O)[N+]3(CCCCCC3)C(NC3CCC(N=NC4CC(C(=O)O)CC(C(=O)O)C4)C(C)C3)N2)CCC1N=NC1CC(C(=O)O)CC(C(=O)O)C1. The van der Waals surface area contributed by atoms with Crippen molar-refractivity contribution in [2.75, 3.05) is 13.1 Å². The van der Waals surface area contributed by atoms with Crippen molar-refractivity contribution in [2.24, 2.45) is 56.0 Å². The van der Waals surface area contributed by atoms with Gasteiger partial charge in [-0.3, -0.25) is 34.3 Å². The smallest absolute Gasteiger partial charge is 0.306 e. The second-order valence-corrected chi connectivity index (χ2v) is 18.3. The molecule has 0 amide bonds. The van der Waals surface area contributed by atoms with Crippen LogP contribution in [0.3, 0.4) is 0 Å². The van der Waals surface area contributed by atoms with Crippen LogP contribution in [0.5, 0.6) is 0 Å². The molecule has 320 valence electrons. The predicted molar refractivity (Wildman–Crippen MR) is 205 cm³/mol. The average Bonchev–Trinajstić information content (AvgIpc) is 3.43. The first-order chi connectivity index (χ1) is 27.2. The molecule has 6 fully saturated rings. The molecule has 0 aromatic rings. The van der Waals surface area contributed by atoms with Gasteiger partial charge in [0.05, 0.1) is 60.9 Å². The molecule has 4 saturated carbocycles. The van der Waals surface area contributed by atoms with E-state index in [2.05, 4.69) is 55.6 Å². The number of aliphatic hydroxyl groups excluding tert-OH is 1. The minimum atomic E-state index is -0.980. The summed E-state index contributed by atoms with van der Waals surface area (Å²) >= 11 is 0. The Hall–Kier alpha value is -3.16. The third kappa shape index (κ3) is 10.9. The number of nitrogens with one attached hydrogen (secondary N) is 4. The van der Waals surface area contributed by atoms with Gasteiger partial charge in [0.1, 0.15) is 6.29 Å². The quantitative estimate of drug-likeness (QED) is 0.101. The highest BCUT2D eigenvalue weighted by molar-refractivity contribution is 5.75. The van der Waals surface area contributed by atoms with Crippen LogP contribution >= 0.6 is 0 Å². The maximum absolute atomic E-state index is 11.8. The monoisotopic (exact) mass is 804 g/mol. The maximum Gasteiger partial charge on any atom is 0.306 e. The molecule has 2 heterocycles. The molecule has 4 aliphatic carbocycles. The average molecular weight is 805 g/mol. The number of nitrogens with zero attached hydrogens (tertiary/aromatic N) is 5. The van der Waals surface area contributed by atoms with E-state index >= 15 is 0 Å². The minimum absolute atomic E-state index is 0.0264. The Balaban J connectivity index is 1.04. The number of quaternary nitrogens is 1. The van der Waals surface area contributed by atoms with Gasteiger partial charge in [-0.05, 0) is 115 Å². The van der Waals surface area contributed by atoms with Crippen LogP contribution in [-0.2, 0) is 19.2 Å². The van der Waals surface area contributed by atoms with Gasteiger partial charge in [-0.1, -0.05) is 13.8 Å². The molecule has 18 heteroatoms. The van der Waals surface area contributed by atoms with E-state index in [1.807, 2.05) is 0 Å². The van der Waals surface area contributed by atoms with Crippen LogP contribution in [0.1, 0.15) is 117 Å². The van der Waals surface area contributed by atoms with Gasteiger partial charge in [0.2, 0.25) is 6.29 Å². The van der Waals surface area contributed by atoms with Gasteiger partial charge in [-0.2, -0.15) is 20.5 Å². The summed E-state index contributed by atoms with van der Waals surface area (Å²) in [5.74, 6) is -6.42. The Labute approximate surface area is 334 Å². The zero-order valence-corrected chi connectivity index (χ0v) is 33.5. The topological polar surface area (TPSA) is 267 Å². The lowest BCUT2D eigenvalue weighted by Gasteiger charge is -2.54. The van der Waals surface area contributed by atoms with Crippen molar-refractivity contribution in [1.29, 1.82) is 0 Å². The molecule has 18 nitrogen and oxygen atoms in total. The predicted octanol–water partition coefficient (Wildman–Crippen LogP) is 3.52. The van der Waals surface area contributed by atoms with Gasteiger partial charge < -0.3 is 25.5 Å². The standard InChI is InChI=1S/C39H65N9O9/c1-21-13-27(7-9-31(21)46-44-29-17-23(33(49)50)15-24(18-29)34(51)52)40-37-42-38(48(39(57)43-37)11-5-3-4-6-12-48)41-28-8-10-32(22(2)14-28)47-45-30-19-25(35(53)54)16-26(20-30)36(55)56/h21-32,37-43,57H,3-20H2,1-2H3,(H3-,49,50,51,52,53,54,55,56)/p+1. The normalized spacial score (nSPS) is 41.8. The van der Waals surface area contributed by atoms with Crippen LogP contribution in [-0.4, -0.2) is 122 Å². The van der Waals surface area contributed by atoms with E-state index in [0.29, 0.717) is 30.2 Å². The van der Waals surface area contributed by atoms with Gasteiger partial charge >= 0.3 is 23.9 Å². The van der Waals surface area contributed by atoms with Crippen LogP contribution in [0.15, 0.2) is 20.5 Å². The Kier molecular flexibility index (Phi) is 14.7. The number of carboxylic acids is 4. The second-order valence-electron chi connectivity index (χ2n) is 18.3. The first-order valence-electron chi connectivity index (χ1n) is 21.5. The number of carbonyl (C=O) groups is 4. The zero-order chi connectivity index (χ0) is 40.9. The molecule has 0 aromatic carbocycles. The Morgan fingerprint density at radius 2 is 0.965 bits per heavy atom. The summed E-state index contributed by atoms with van der Waals surface area (Å²) in [6.07, 6.45) is 9.49. The Morgan fingerprint density at radius 1 is 0.544 bits per heavy atom. The van der Waals surface area contributed by atoms with Crippen LogP contribution in [0.4, 0.5) is 0 Å². The fourth-order valence-corrected chi connectivity index (χ4v) is 10.7. The van der Waals surface area contributed by atoms with Gasteiger partial charge in [0.25, 0.3) is 6.35 Å². The number of hydrogen-bond acceptors (Lipinski definition) is 13. The highest BCUT2D eigenvalue weighted by atomic mass is 16.4. The highest BCUT2D eigenvalue weighted by Crippen LogP contribution is 2.36. The molecule has 0 bridgehead atoms. The first-order valence-corrected chi connectivity index (χ1v) is 21.5. The lowest BCUT2D eigenvalue weighted by atomic mass is 9.79. The van der Waals surface area contributed by atoms with Gasteiger partial charge in [-0.25, -0.2) is 10.6 Å². The minimum Gasteiger partial charge on any atom is -0.481 e. The van der Waals surface area contributed by atoms with E-state index < -0.39 is 66.0 Å². The van der Waals surface area contributed by atoms with E-state index in [1.54, 1.807) is 0 Å². The molecule has 0 radical (unpaired) electrons. The fraction of sp³-hybridized carbons (Fsp3) is 0.897. The van der Waals surface area contributed by atoms with Crippen LogP contribution in [0, 0.1) is 35.5 Å². The second kappa shape index (κ2) is 19.3. The zero-order valence-electron chi connectivity index (χ0n) is 33.5. The third-order valence-electron chi connectivity index (χ3n) is 14.1. The van der Waals surface area contributed by atoms with Crippen molar-refractivity contribution in [1.82, 2.24) is 21.3 Å². The first kappa shape index (κ1) is 43.4. The molecular weight excluding hydrogens is 738 g/mol. The molecule has 0 aromatic heterocycles. The van der Waals surface area contributed by atoms with Crippen molar-refractivity contribution in [2.45, 2.75) is 172 Å². The molecule has 6 aliphatic rings. The van der Waals surface area contributed by atoms with Crippen molar-refractivity contribution < 1.29 is 49.2 Å². The van der Waals surface area contributed by atoms with Crippen LogP contribution in [0.2, 0.25) is 0 Å². The van der Waals surface area contributed by atoms with E-state index in [0.717, 1.165) is 77.3 Å². The highest BCUT2D eigenvalue weighted by Gasteiger charge is 2.50. The summed E-state index contributed by atoms with van der Waals surface area (Å²) in [7, 11) is 0. The van der Waals surface area contributed by atoms with Crippen LogP contribution < -0.4 is 21.3 Å². The van der Waals surface area contributed by atoms with Gasteiger partial charge in [0, 0.05) is 12.1 Å². The van der Waals surface area contributed by atoms with Gasteiger partial charge in [0.15, 0.2) is 0 Å². The Morgan fingerprint density at radius 3 is 1.37 bits per heavy atom. The summed E-state index contributed by atoms with van der Waals surface area (Å²) in [5, 5.41) is 83.4. The third-order valence-corrected chi connectivity index (χ3v) is 14.1. The van der Waals surface area contributed by atoms with E-state index in [1.165, 1.54) is 0 Å². The summed E-state index contributed by atoms with van der Waals surface area (Å²) in [4.78, 5) is 46.7. The van der Waals surface area contributed by atoms with Gasteiger partial charge in [-0.15, -0.1) is 0 Å². The number of aliphatic carboxylic acids is 4. The molecule has 13 unspecified atom stereocenters. The summed E-state index contributed by atoms with van der Waals surface area (Å²) in [6.45, 7) is 5.99. The fourth-order valence-electron chi connectivity index (χ4n) is 10.7. The van der Waals surface area contributed by atoms with E-state index in [-0.39, 0.29) is 61.4 Å². The molecular formula is C39H66N9O9+. The molecule has 9 N–H and O–H groups in total. The maximum atomic E-state index is 11.8. The lowest BCUT2D eigenvalue weighted by Crippen LogP contribution is -2.84. The van der Waals surface area contributed by atoms with Crippen molar-refractivity contribution >= 4 is 23.9 Å². The summed E-state index contributed by atoms with van der Waals surface area (Å²) in [6, 6.07) is -0.543. The summed E-state index contributed by atoms with van der Waals surface area (Å²) < 4.78 is 0.486. The number of carboxylic acid groups (broad SMARTS) is 4. The Bertz CT molecular complexity index is 1430. The molecule has 57 heavy (non-hydrogen) atoms. The number of azo groups is 2. The van der Waals surface area contributed by atoms with Crippen molar-refractivity contribution in [3.05, 3.63) is 0 Å². The molecule has 2 aliphatic heterocycles. The number of hydrogen-bond donors (Lipinski definition) is 9. The number of rotatable bonds is 12. The summed E-state index contributed by atoms with van der Waals surface area (Å²) in [5.41, 5.74) is 0. The van der Waals surface area contributed by atoms with E-state index in [4.69, 9.17) is 0 Å². The van der Waals surface area contributed by atoms with Crippen molar-refractivity contribution in [3.8, 4) is 0 Å². The van der Waals surface area contributed by atoms with Crippen molar-refractivity contribution in [3.63, 3.8) is 0 Å². The molecule has 13 atom stereocenters. The largest absolute Gasteiger partial charge is 0.481 e. The molecule has 6 rings (SSSR count). The molecule has 1 spiro atoms. The van der Waals surface area contributed by atoms with Crippen LogP contribution in [0.25, 0.3) is 0 Å².